The molecule has 1 N–H and O–H groups in total. The number of hydrogen-bond donors (Lipinski definition) is 1. The highest BCUT2D eigenvalue weighted by molar-refractivity contribution is 5.93. The molecule has 1 aromatic heterocycles. The molecule has 0 spiro atoms. The standard InChI is InChI=1S/C13H21N3O/c1-4-6-11-15-12(13(17)14-3)10-8-5-7-9(2)16(10)11/h9H,4-8H2,1-3H3,(H,14,17). The molecule has 4 nitrogen and oxygen atoms in total. The fourth-order valence-corrected chi connectivity index (χ4v) is 2.67. The molecule has 1 aromatic rings. The van der Waals surface area contributed by atoms with Crippen molar-refractivity contribution in [3.05, 3.63) is 17.2 Å². The van der Waals surface area contributed by atoms with E-state index in [0.29, 0.717) is 11.7 Å². The first-order valence-electron chi connectivity index (χ1n) is 6.51. The maximum absolute atomic E-state index is 11.8. The van der Waals surface area contributed by atoms with Crippen molar-refractivity contribution in [2.24, 2.45) is 0 Å². The first-order chi connectivity index (χ1) is 8.19. The molecule has 0 saturated heterocycles. The van der Waals surface area contributed by atoms with Crippen LogP contribution in [0.5, 0.6) is 0 Å². The van der Waals surface area contributed by atoms with Gasteiger partial charge in [-0.3, -0.25) is 4.79 Å². The number of rotatable bonds is 3. The highest BCUT2D eigenvalue weighted by Crippen LogP contribution is 2.29. The van der Waals surface area contributed by atoms with Crippen LogP contribution in [0.15, 0.2) is 0 Å². The Morgan fingerprint density at radius 3 is 3.00 bits per heavy atom. The van der Waals surface area contributed by atoms with E-state index in [1.165, 1.54) is 6.42 Å². The Kier molecular flexibility index (Phi) is 3.50. The molecule has 0 fully saturated rings. The summed E-state index contributed by atoms with van der Waals surface area (Å²) < 4.78 is 2.29. The Morgan fingerprint density at radius 2 is 2.35 bits per heavy atom. The summed E-state index contributed by atoms with van der Waals surface area (Å²) >= 11 is 0. The predicted octanol–water partition coefficient (Wildman–Crippen LogP) is 2.09. The molecule has 2 rings (SSSR count). The lowest BCUT2D eigenvalue weighted by molar-refractivity contribution is 0.0957. The molecule has 17 heavy (non-hydrogen) atoms. The summed E-state index contributed by atoms with van der Waals surface area (Å²) in [6.45, 7) is 4.37. The van der Waals surface area contributed by atoms with E-state index in [4.69, 9.17) is 0 Å². The van der Waals surface area contributed by atoms with Crippen molar-refractivity contribution >= 4 is 5.91 Å². The van der Waals surface area contributed by atoms with Crippen LogP contribution >= 0.6 is 0 Å². The van der Waals surface area contributed by atoms with E-state index in [9.17, 15) is 4.79 Å². The van der Waals surface area contributed by atoms with Crippen molar-refractivity contribution in [3.8, 4) is 0 Å². The Bertz CT molecular complexity index is 423. The van der Waals surface area contributed by atoms with Gasteiger partial charge in [-0.25, -0.2) is 4.98 Å². The molecule has 2 heterocycles. The van der Waals surface area contributed by atoms with Crippen LogP contribution in [0.4, 0.5) is 0 Å². The average Bonchev–Trinajstić information content (AvgIpc) is 2.69. The number of amides is 1. The summed E-state index contributed by atoms with van der Waals surface area (Å²) in [6.07, 6.45) is 5.34. The number of aromatic nitrogens is 2. The summed E-state index contributed by atoms with van der Waals surface area (Å²) in [5.74, 6) is 1.03. The van der Waals surface area contributed by atoms with E-state index in [1.54, 1.807) is 7.05 Å². The normalized spacial score (nSPS) is 18.9. The molecule has 0 bridgehead atoms. The SMILES string of the molecule is CCCc1nc(C(=O)NC)c2n1C(C)CCC2. The van der Waals surface area contributed by atoms with Crippen molar-refractivity contribution in [2.75, 3.05) is 7.05 Å². The smallest absolute Gasteiger partial charge is 0.271 e. The predicted molar refractivity (Wildman–Crippen MR) is 67.3 cm³/mol. The topological polar surface area (TPSA) is 46.9 Å². The van der Waals surface area contributed by atoms with Gasteiger partial charge in [0.15, 0.2) is 0 Å². The van der Waals surface area contributed by atoms with Crippen molar-refractivity contribution in [1.29, 1.82) is 0 Å². The molecule has 0 radical (unpaired) electrons. The van der Waals surface area contributed by atoms with Gasteiger partial charge in [0, 0.05) is 19.5 Å². The molecule has 94 valence electrons. The largest absolute Gasteiger partial charge is 0.354 e. The van der Waals surface area contributed by atoms with Gasteiger partial charge in [-0.05, 0) is 32.6 Å². The quantitative estimate of drug-likeness (QED) is 0.872. The molecule has 1 unspecified atom stereocenters. The lowest BCUT2D eigenvalue weighted by atomic mass is 10.0. The van der Waals surface area contributed by atoms with Crippen LogP contribution in [0.1, 0.15) is 61.2 Å². The second kappa shape index (κ2) is 4.90. The third-order valence-corrected chi connectivity index (χ3v) is 3.48. The zero-order valence-electron chi connectivity index (χ0n) is 10.9. The molecule has 4 heteroatoms. The molecule has 1 aliphatic heterocycles. The number of aryl methyl sites for hydroxylation is 1. The van der Waals surface area contributed by atoms with Gasteiger partial charge in [0.25, 0.3) is 5.91 Å². The number of nitrogens with one attached hydrogen (secondary N) is 1. The minimum Gasteiger partial charge on any atom is -0.354 e. The molecular formula is C13H21N3O. The number of carbonyl (C=O) groups excluding carboxylic acids is 1. The van der Waals surface area contributed by atoms with Crippen LogP contribution in [0.25, 0.3) is 0 Å². The number of nitrogens with zero attached hydrogens (tertiary/aromatic N) is 2. The van der Waals surface area contributed by atoms with Crippen LogP contribution in [-0.4, -0.2) is 22.5 Å². The van der Waals surface area contributed by atoms with Gasteiger partial charge in [-0.1, -0.05) is 6.92 Å². The van der Waals surface area contributed by atoms with Gasteiger partial charge >= 0.3 is 0 Å². The van der Waals surface area contributed by atoms with Gasteiger partial charge < -0.3 is 9.88 Å². The number of fused-ring (bicyclic) bond motifs is 1. The van der Waals surface area contributed by atoms with Crippen molar-refractivity contribution < 1.29 is 4.79 Å². The van der Waals surface area contributed by atoms with E-state index in [0.717, 1.165) is 37.2 Å². The summed E-state index contributed by atoms with van der Waals surface area (Å²) in [4.78, 5) is 16.4. The number of carbonyl (C=O) groups is 1. The third-order valence-electron chi connectivity index (χ3n) is 3.48. The van der Waals surface area contributed by atoms with E-state index >= 15 is 0 Å². The van der Waals surface area contributed by atoms with Crippen LogP contribution in [-0.2, 0) is 12.8 Å². The molecule has 1 atom stereocenters. The number of imidazole rings is 1. The van der Waals surface area contributed by atoms with E-state index in [1.807, 2.05) is 0 Å². The second-order valence-corrected chi connectivity index (χ2v) is 4.76. The summed E-state index contributed by atoms with van der Waals surface area (Å²) in [7, 11) is 1.67. The second-order valence-electron chi connectivity index (χ2n) is 4.76. The highest BCUT2D eigenvalue weighted by atomic mass is 16.1. The maximum atomic E-state index is 11.8. The zero-order chi connectivity index (χ0) is 12.4. The highest BCUT2D eigenvalue weighted by Gasteiger charge is 2.26. The summed E-state index contributed by atoms with van der Waals surface area (Å²) in [5.41, 5.74) is 1.77. The van der Waals surface area contributed by atoms with E-state index < -0.39 is 0 Å². The minimum absolute atomic E-state index is 0.0507. The van der Waals surface area contributed by atoms with Crippen molar-refractivity contribution in [1.82, 2.24) is 14.9 Å². The maximum Gasteiger partial charge on any atom is 0.271 e. The minimum atomic E-state index is -0.0507. The summed E-state index contributed by atoms with van der Waals surface area (Å²) in [5, 5.41) is 2.69. The first kappa shape index (κ1) is 12.1. The van der Waals surface area contributed by atoms with Gasteiger partial charge in [0.05, 0.1) is 5.69 Å². The first-order valence-corrected chi connectivity index (χ1v) is 6.51. The Balaban J connectivity index is 2.48. The molecule has 0 aromatic carbocycles. The Labute approximate surface area is 102 Å². The van der Waals surface area contributed by atoms with Crippen LogP contribution in [0, 0.1) is 0 Å². The van der Waals surface area contributed by atoms with E-state index in [2.05, 4.69) is 28.7 Å². The van der Waals surface area contributed by atoms with Crippen molar-refractivity contribution in [2.45, 2.75) is 52.0 Å². The van der Waals surface area contributed by atoms with Crippen LogP contribution < -0.4 is 5.32 Å². The average molecular weight is 235 g/mol. The molecular weight excluding hydrogens is 214 g/mol. The van der Waals surface area contributed by atoms with Crippen molar-refractivity contribution in [3.63, 3.8) is 0 Å². The number of hydrogen-bond acceptors (Lipinski definition) is 2. The lowest BCUT2D eigenvalue weighted by Crippen LogP contribution is -2.22. The van der Waals surface area contributed by atoms with Gasteiger partial charge in [0.1, 0.15) is 11.5 Å². The van der Waals surface area contributed by atoms with Crippen LogP contribution in [0.3, 0.4) is 0 Å². The van der Waals surface area contributed by atoms with Crippen LogP contribution in [0.2, 0.25) is 0 Å². The molecule has 1 aliphatic rings. The third kappa shape index (κ3) is 2.08. The fourth-order valence-electron chi connectivity index (χ4n) is 2.67. The lowest BCUT2D eigenvalue weighted by Gasteiger charge is -2.24. The molecule has 1 amide bonds. The summed E-state index contributed by atoms with van der Waals surface area (Å²) in [6, 6.07) is 0.478. The molecule has 0 saturated carbocycles. The molecule has 0 aliphatic carbocycles. The Hall–Kier alpha value is -1.32. The van der Waals surface area contributed by atoms with Gasteiger partial charge in [0.2, 0.25) is 0 Å². The monoisotopic (exact) mass is 235 g/mol. The van der Waals surface area contributed by atoms with Gasteiger partial charge in [-0.15, -0.1) is 0 Å². The fraction of sp³-hybridized carbons (Fsp3) is 0.692. The zero-order valence-corrected chi connectivity index (χ0v) is 10.9. The van der Waals surface area contributed by atoms with E-state index in [-0.39, 0.29) is 5.91 Å². The van der Waals surface area contributed by atoms with Gasteiger partial charge in [-0.2, -0.15) is 0 Å². The Morgan fingerprint density at radius 1 is 1.59 bits per heavy atom.